The summed E-state index contributed by atoms with van der Waals surface area (Å²) in [5.74, 6) is -1.77. The normalized spacial score (nSPS) is 20.4. The van der Waals surface area contributed by atoms with Crippen molar-refractivity contribution in [3.05, 3.63) is 65.5 Å². The van der Waals surface area contributed by atoms with E-state index in [9.17, 15) is 23.6 Å². The molecule has 2 aliphatic heterocycles. The molecule has 4 N–H and O–H groups in total. The molecule has 2 unspecified atom stereocenters. The Morgan fingerprint density at radius 2 is 1.79 bits per heavy atom. The van der Waals surface area contributed by atoms with Crippen LogP contribution in [-0.2, 0) is 16.1 Å². The largest absolute Gasteiger partial charge is 0.366 e. The number of nitrogens with one attached hydrogen (secondary N) is 2. The summed E-state index contributed by atoms with van der Waals surface area (Å²) in [6, 6.07) is 10.0. The van der Waals surface area contributed by atoms with Crippen LogP contribution in [0.4, 0.5) is 14.9 Å². The van der Waals surface area contributed by atoms with E-state index in [-0.39, 0.29) is 19.0 Å². The van der Waals surface area contributed by atoms with Crippen LogP contribution in [0.3, 0.4) is 0 Å². The molecule has 2 aromatic carbocycles. The molecule has 4 rings (SSSR count). The summed E-state index contributed by atoms with van der Waals surface area (Å²) >= 11 is 0. The number of carbonyl (C=O) groups excluding carboxylic acids is 4. The molecule has 2 fully saturated rings. The highest BCUT2D eigenvalue weighted by atomic mass is 19.1. The van der Waals surface area contributed by atoms with Crippen LogP contribution in [0.1, 0.15) is 28.8 Å². The van der Waals surface area contributed by atoms with Crippen LogP contribution in [0.25, 0.3) is 0 Å². The third-order valence-corrected chi connectivity index (χ3v) is 5.86. The van der Waals surface area contributed by atoms with E-state index < -0.39 is 35.7 Å². The Balaban J connectivity index is 1.51. The van der Waals surface area contributed by atoms with Crippen molar-refractivity contribution in [1.82, 2.24) is 15.1 Å². The molecule has 172 valence electrons. The second kappa shape index (κ2) is 9.37. The molecule has 2 aliphatic rings. The number of urea groups is 1. The van der Waals surface area contributed by atoms with Crippen LogP contribution in [0.2, 0.25) is 0 Å². The Labute approximate surface area is 189 Å². The monoisotopic (exact) mass is 453 g/mol. The number of hydrogen-bond donors (Lipinski definition) is 3. The first-order valence-corrected chi connectivity index (χ1v) is 10.6. The van der Waals surface area contributed by atoms with Gasteiger partial charge in [-0.1, -0.05) is 12.1 Å². The van der Waals surface area contributed by atoms with Gasteiger partial charge in [0.25, 0.3) is 0 Å². The van der Waals surface area contributed by atoms with Crippen molar-refractivity contribution in [1.29, 1.82) is 0 Å². The van der Waals surface area contributed by atoms with Crippen molar-refractivity contribution < 1.29 is 23.6 Å². The first-order chi connectivity index (χ1) is 15.8. The average Bonchev–Trinajstić information content (AvgIpc) is 2.81. The molecule has 0 saturated carbocycles. The van der Waals surface area contributed by atoms with E-state index in [0.29, 0.717) is 29.8 Å². The third kappa shape index (κ3) is 4.85. The average molecular weight is 453 g/mol. The summed E-state index contributed by atoms with van der Waals surface area (Å²) in [6.45, 7) is 0.375. The van der Waals surface area contributed by atoms with Gasteiger partial charge in [0.2, 0.25) is 17.7 Å². The molecular formula is C23H24FN5O4. The summed E-state index contributed by atoms with van der Waals surface area (Å²) in [5, 5.41) is 5.87. The lowest BCUT2D eigenvalue weighted by atomic mass is 9.93. The highest BCUT2D eigenvalue weighted by molar-refractivity contribution is 6.03. The van der Waals surface area contributed by atoms with E-state index in [1.165, 1.54) is 41.3 Å². The molecular weight excluding hydrogens is 429 g/mol. The van der Waals surface area contributed by atoms with E-state index in [1.807, 2.05) is 0 Å². The SMILES string of the molecule is NC(=O)c1ccc(NC(=O)CN2C(=O)N(Cc3ccc(F)cc3)C(=O)C3NCCCC32)cc1. The quantitative estimate of drug-likeness (QED) is 0.611. The van der Waals surface area contributed by atoms with E-state index in [4.69, 9.17) is 5.73 Å². The summed E-state index contributed by atoms with van der Waals surface area (Å²) in [7, 11) is 0. The van der Waals surface area contributed by atoms with Crippen molar-refractivity contribution in [2.75, 3.05) is 18.4 Å². The van der Waals surface area contributed by atoms with Gasteiger partial charge in [-0.2, -0.15) is 0 Å². The number of hydrogen-bond acceptors (Lipinski definition) is 5. The number of nitrogens with two attached hydrogens (primary N) is 1. The van der Waals surface area contributed by atoms with Gasteiger partial charge in [-0.15, -0.1) is 0 Å². The predicted molar refractivity (Wildman–Crippen MR) is 117 cm³/mol. The van der Waals surface area contributed by atoms with Crippen LogP contribution < -0.4 is 16.4 Å². The molecule has 0 radical (unpaired) electrons. The van der Waals surface area contributed by atoms with Crippen LogP contribution in [0.15, 0.2) is 48.5 Å². The van der Waals surface area contributed by atoms with Gasteiger partial charge < -0.3 is 21.3 Å². The summed E-state index contributed by atoms with van der Waals surface area (Å²) < 4.78 is 13.3. The number of halogens is 1. The van der Waals surface area contributed by atoms with Gasteiger partial charge >= 0.3 is 6.03 Å². The van der Waals surface area contributed by atoms with Gasteiger partial charge in [0, 0.05) is 11.3 Å². The molecule has 0 spiro atoms. The molecule has 9 nitrogen and oxygen atoms in total. The lowest BCUT2D eigenvalue weighted by Gasteiger charge is -2.46. The number of imide groups is 1. The van der Waals surface area contributed by atoms with Crippen LogP contribution in [0, 0.1) is 5.82 Å². The first kappa shape index (κ1) is 22.4. The lowest BCUT2D eigenvalue weighted by Crippen LogP contribution is -2.70. The second-order valence-electron chi connectivity index (χ2n) is 8.09. The Kier molecular flexibility index (Phi) is 6.36. The molecule has 2 heterocycles. The highest BCUT2D eigenvalue weighted by Gasteiger charge is 2.47. The summed E-state index contributed by atoms with van der Waals surface area (Å²) in [5.41, 5.74) is 6.59. The highest BCUT2D eigenvalue weighted by Crippen LogP contribution is 2.26. The van der Waals surface area contributed by atoms with Crippen LogP contribution >= 0.6 is 0 Å². The summed E-state index contributed by atoms with van der Waals surface area (Å²) in [6.07, 6.45) is 1.37. The maximum absolute atomic E-state index is 13.3. The fraction of sp³-hybridized carbons (Fsp3) is 0.304. The molecule has 5 amide bonds. The first-order valence-electron chi connectivity index (χ1n) is 10.6. The third-order valence-electron chi connectivity index (χ3n) is 5.86. The van der Waals surface area contributed by atoms with Gasteiger partial charge in [0.05, 0.1) is 12.6 Å². The predicted octanol–water partition coefficient (Wildman–Crippen LogP) is 1.45. The van der Waals surface area contributed by atoms with Crippen molar-refractivity contribution in [2.45, 2.75) is 31.5 Å². The van der Waals surface area contributed by atoms with Crippen molar-refractivity contribution in [3.63, 3.8) is 0 Å². The molecule has 0 bridgehead atoms. The van der Waals surface area contributed by atoms with E-state index in [0.717, 1.165) is 11.3 Å². The zero-order chi connectivity index (χ0) is 23.5. The van der Waals surface area contributed by atoms with E-state index in [2.05, 4.69) is 10.6 Å². The van der Waals surface area contributed by atoms with E-state index >= 15 is 0 Å². The standard InChI is InChI=1S/C23H24FN5O4/c24-16-7-3-14(4-8-16)12-29-22(32)20-18(2-1-11-26-20)28(23(29)33)13-19(30)27-17-9-5-15(6-10-17)21(25)31/h3-10,18,20,26H,1-2,11-13H2,(H2,25,31)(H,27,30). The number of rotatable bonds is 6. The van der Waals surface area contributed by atoms with Gasteiger partial charge in [0.1, 0.15) is 18.4 Å². The Hall–Kier alpha value is -3.79. The van der Waals surface area contributed by atoms with Crippen molar-refractivity contribution in [2.24, 2.45) is 5.73 Å². The number of amides is 5. The second-order valence-corrected chi connectivity index (χ2v) is 8.09. The smallest absolute Gasteiger partial charge is 0.327 e. The fourth-order valence-corrected chi connectivity index (χ4v) is 4.19. The number of piperidine rings is 1. The van der Waals surface area contributed by atoms with Crippen molar-refractivity contribution in [3.8, 4) is 0 Å². The maximum atomic E-state index is 13.3. The molecule has 2 atom stereocenters. The molecule has 10 heteroatoms. The molecule has 33 heavy (non-hydrogen) atoms. The maximum Gasteiger partial charge on any atom is 0.327 e. The van der Waals surface area contributed by atoms with E-state index in [1.54, 1.807) is 12.1 Å². The van der Waals surface area contributed by atoms with Gasteiger partial charge in [-0.25, -0.2) is 9.18 Å². The van der Waals surface area contributed by atoms with Crippen LogP contribution in [-0.4, -0.2) is 58.7 Å². The Morgan fingerprint density at radius 3 is 2.45 bits per heavy atom. The Bertz CT molecular complexity index is 1070. The van der Waals surface area contributed by atoms with Crippen LogP contribution in [0.5, 0.6) is 0 Å². The molecule has 2 aromatic rings. The minimum atomic E-state index is -0.612. The van der Waals surface area contributed by atoms with Crippen molar-refractivity contribution >= 4 is 29.4 Å². The fourth-order valence-electron chi connectivity index (χ4n) is 4.19. The molecule has 0 aliphatic carbocycles. The number of benzene rings is 2. The van der Waals surface area contributed by atoms with Gasteiger partial charge in [0.15, 0.2) is 0 Å². The Morgan fingerprint density at radius 1 is 1.09 bits per heavy atom. The number of anilines is 1. The molecule has 0 aromatic heterocycles. The lowest BCUT2D eigenvalue weighted by molar-refractivity contribution is -0.138. The number of carbonyl (C=O) groups is 4. The zero-order valence-electron chi connectivity index (χ0n) is 17.8. The summed E-state index contributed by atoms with van der Waals surface area (Å²) in [4.78, 5) is 52.8. The number of primary amides is 1. The number of fused-ring (bicyclic) bond motifs is 1. The number of nitrogens with zero attached hydrogens (tertiary/aromatic N) is 2. The zero-order valence-corrected chi connectivity index (χ0v) is 17.8. The van der Waals surface area contributed by atoms with Gasteiger partial charge in [-0.3, -0.25) is 19.3 Å². The topological polar surface area (TPSA) is 125 Å². The van der Waals surface area contributed by atoms with Gasteiger partial charge in [-0.05, 0) is 61.3 Å². The minimum absolute atomic E-state index is 0.0183. The molecule has 2 saturated heterocycles. The minimum Gasteiger partial charge on any atom is -0.366 e.